The van der Waals surface area contributed by atoms with Gasteiger partial charge in [-0.1, -0.05) is 29.3 Å². The molecule has 0 saturated carbocycles. The maximum Gasteiger partial charge on any atom is 0.232 e. The van der Waals surface area contributed by atoms with Crippen LogP contribution in [0.2, 0.25) is 5.02 Å². The summed E-state index contributed by atoms with van der Waals surface area (Å²) in [6, 6.07) is 12.2. The van der Waals surface area contributed by atoms with Crippen LogP contribution in [0.5, 0.6) is 0 Å². The molecule has 0 unspecified atom stereocenters. The second-order valence-electron chi connectivity index (χ2n) is 5.93. The fraction of sp³-hybridized carbons (Fsp3) is 0.278. The predicted octanol–water partition coefficient (Wildman–Crippen LogP) is 3.75. The number of aryl methyl sites for hydroxylation is 2. The van der Waals surface area contributed by atoms with Gasteiger partial charge >= 0.3 is 0 Å². The molecule has 0 aromatic heterocycles. The quantitative estimate of drug-likeness (QED) is 0.829. The average Bonchev–Trinajstić information content (AvgIpc) is 2.51. The van der Waals surface area contributed by atoms with Crippen molar-refractivity contribution in [3.63, 3.8) is 0 Å². The summed E-state index contributed by atoms with van der Waals surface area (Å²) in [6.45, 7) is 3.95. The van der Waals surface area contributed by atoms with Crippen molar-refractivity contribution in [1.82, 2.24) is 0 Å². The molecule has 0 heterocycles. The van der Waals surface area contributed by atoms with E-state index in [0.717, 1.165) is 23.1 Å². The highest BCUT2D eigenvalue weighted by molar-refractivity contribution is 7.92. The first-order valence-electron chi connectivity index (χ1n) is 7.77. The highest BCUT2D eigenvalue weighted by atomic mass is 35.5. The topological polar surface area (TPSA) is 66.5 Å². The number of hydrogen-bond donors (Lipinski definition) is 1. The average molecular weight is 381 g/mol. The molecule has 25 heavy (non-hydrogen) atoms. The summed E-state index contributed by atoms with van der Waals surface area (Å²) in [7, 11) is -3.50. The largest absolute Gasteiger partial charge is 0.326 e. The monoisotopic (exact) mass is 380 g/mol. The van der Waals surface area contributed by atoms with Crippen LogP contribution in [-0.4, -0.2) is 27.1 Å². The number of nitrogens with zero attached hydrogens (tertiary/aromatic N) is 1. The minimum absolute atomic E-state index is 0.0447. The predicted molar refractivity (Wildman–Crippen MR) is 103 cm³/mol. The Balaban J connectivity index is 2.07. The Labute approximate surface area is 153 Å². The van der Waals surface area contributed by atoms with E-state index in [0.29, 0.717) is 10.7 Å². The minimum atomic E-state index is -3.50. The highest BCUT2D eigenvalue weighted by Gasteiger charge is 2.18. The van der Waals surface area contributed by atoms with Crippen LogP contribution in [0, 0.1) is 13.8 Å². The van der Waals surface area contributed by atoms with Gasteiger partial charge in [-0.25, -0.2) is 8.42 Å². The Morgan fingerprint density at radius 3 is 2.32 bits per heavy atom. The van der Waals surface area contributed by atoms with E-state index in [4.69, 9.17) is 11.6 Å². The summed E-state index contributed by atoms with van der Waals surface area (Å²) in [5.41, 5.74) is 3.28. The van der Waals surface area contributed by atoms with Gasteiger partial charge < -0.3 is 5.32 Å². The number of carbonyl (C=O) groups is 1. The van der Waals surface area contributed by atoms with Crippen LogP contribution >= 0.6 is 11.6 Å². The minimum Gasteiger partial charge on any atom is -0.326 e. The van der Waals surface area contributed by atoms with Gasteiger partial charge in [0.25, 0.3) is 0 Å². The molecule has 2 rings (SSSR count). The first-order chi connectivity index (χ1) is 11.7. The number of halogens is 1. The highest BCUT2D eigenvalue weighted by Crippen LogP contribution is 2.21. The fourth-order valence-corrected chi connectivity index (χ4v) is 3.52. The number of nitrogens with one attached hydrogen (secondary N) is 1. The molecular formula is C18H21ClN2O3S. The summed E-state index contributed by atoms with van der Waals surface area (Å²) in [5.74, 6) is -0.241. The summed E-state index contributed by atoms with van der Waals surface area (Å²) in [6.07, 6.45) is 1.16. The smallest absolute Gasteiger partial charge is 0.232 e. The SMILES string of the molecule is Cc1ccc(NC(=O)CCN(c2ccc(Cl)cc2)S(C)(=O)=O)c(C)c1. The van der Waals surface area contributed by atoms with Crippen molar-refractivity contribution in [3.05, 3.63) is 58.6 Å². The van der Waals surface area contributed by atoms with Crippen molar-refractivity contribution >= 4 is 38.9 Å². The number of hydrogen-bond acceptors (Lipinski definition) is 3. The molecule has 2 aromatic rings. The maximum absolute atomic E-state index is 12.2. The summed E-state index contributed by atoms with van der Waals surface area (Å²) < 4.78 is 25.3. The molecule has 0 bridgehead atoms. The number of carbonyl (C=O) groups excluding carboxylic acids is 1. The van der Waals surface area contributed by atoms with E-state index in [2.05, 4.69) is 5.32 Å². The molecule has 0 spiro atoms. The molecule has 0 saturated heterocycles. The van der Waals surface area contributed by atoms with Crippen LogP contribution in [0.1, 0.15) is 17.5 Å². The molecule has 7 heteroatoms. The molecule has 0 aliphatic rings. The van der Waals surface area contributed by atoms with Crippen LogP contribution in [0.25, 0.3) is 0 Å². The van der Waals surface area contributed by atoms with Gasteiger partial charge in [0.05, 0.1) is 11.9 Å². The lowest BCUT2D eigenvalue weighted by Crippen LogP contribution is -2.33. The molecule has 1 amide bonds. The molecule has 0 aliphatic heterocycles. The lowest BCUT2D eigenvalue weighted by Gasteiger charge is -2.22. The zero-order chi connectivity index (χ0) is 18.6. The summed E-state index contributed by atoms with van der Waals surface area (Å²) >= 11 is 5.84. The van der Waals surface area contributed by atoms with Crippen LogP contribution in [0.3, 0.4) is 0 Å². The molecular weight excluding hydrogens is 360 g/mol. The third-order valence-electron chi connectivity index (χ3n) is 3.71. The zero-order valence-corrected chi connectivity index (χ0v) is 16.0. The first-order valence-corrected chi connectivity index (χ1v) is 10.00. The normalized spacial score (nSPS) is 11.2. The van der Waals surface area contributed by atoms with E-state index in [9.17, 15) is 13.2 Å². The van der Waals surface area contributed by atoms with E-state index >= 15 is 0 Å². The Morgan fingerprint density at radius 1 is 1.12 bits per heavy atom. The number of benzene rings is 2. The standard InChI is InChI=1S/C18H21ClN2O3S/c1-13-4-9-17(14(2)12-13)20-18(22)10-11-21(25(3,23)24)16-7-5-15(19)6-8-16/h4-9,12H,10-11H2,1-3H3,(H,20,22). The molecule has 0 atom stereocenters. The van der Waals surface area contributed by atoms with Gasteiger partial charge in [-0.05, 0) is 49.7 Å². The van der Waals surface area contributed by atoms with Gasteiger partial charge in [-0.3, -0.25) is 9.10 Å². The van der Waals surface area contributed by atoms with Crippen molar-refractivity contribution < 1.29 is 13.2 Å². The Kier molecular flexibility index (Phi) is 6.08. The summed E-state index contributed by atoms with van der Waals surface area (Å²) in [4.78, 5) is 12.2. The Hall–Kier alpha value is -2.05. The van der Waals surface area contributed by atoms with E-state index in [1.54, 1.807) is 24.3 Å². The molecule has 0 aliphatic carbocycles. The molecule has 0 fully saturated rings. The van der Waals surface area contributed by atoms with Crippen LogP contribution in [0.15, 0.2) is 42.5 Å². The number of anilines is 2. The van der Waals surface area contributed by atoms with Gasteiger partial charge in [-0.15, -0.1) is 0 Å². The van der Waals surface area contributed by atoms with Crippen LogP contribution < -0.4 is 9.62 Å². The molecule has 5 nitrogen and oxygen atoms in total. The molecule has 1 N–H and O–H groups in total. The van der Waals surface area contributed by atoms with Crippen molar-refractivity contribution in [2.24, 2.45) is 0 Å². The van der Waals surface area contributed by atoms with Gasteiger partial charge in [0.2, 0.25) is 15.9 Å². The molecule has 2 aromatic carbocycles. The molecule has 0 radical (unpaired) electrons. The van der Waals surface area contributed by atoms with Crippen LogP contribution in [-0.2, 0) is 14.8 Å². The van der Waals surface area contributed by atoms with E-state index in [1.807, 2.05) is 32.0 Å². The Bertz CT molecular complexity index is 864. The first kappa shape index (κ1) is 19.3. The van der Waals surface area contributed by atoms with Gasteiger partial charge in [-0.2, -0.15) is 0 Å². The number of rotatable bonds is 6. The van der Waals surface area contributed by atoms with Gasteiger partial charge in [0.15, 0.2) is 0 Å². The van der Waals surface area contributed by atoms with E-state index in [-0.39, 0.29) is 18.9 Å². The third-order valence-corrected chi connectivity index (χ3v) is 5.16. The second kappa shape index (κ2) is 7.89. The van der Waals surface area contributed by atoms with E-state index < -0.39 is 10.0 Å². The third kappa shape index (κ3) is 5.47. The Morgan fingerprint density at radius 2 is 1.76 bits per heavy atom. The van der Waals surface area contributed by atoms with Crippen molar-refractivity contribution in [2.75, 3.05) is 22.4 Å². The fourth-order valence-electron chi connectivity index (χ4n) is 2.46. The van der Waals surface area contributed by atoms with Gasteiger partial charge in [0.1, 0.15) is 0 Å². The lowest BCUT2D eigenvalue weighted by molar-refractivity contribution is -0.116. The number of amides is 1. The maximum atomic E-state index is 12.2. The lowest BCUT2D eigenvalue weighted by atomic mass is 10.1. The van der Waals surface area contributed by atoms with Gasteiger partial charge in [0, 0.05) is 23.7 Å². The number of sulfonamides is 1. The molecule has 134 valence electrons. The summed E-state index contributed by atoms with van der Waals surface area (Å²) in [5, 5.41) is 3.34. The van der Waals surface area contributed by atoms with Crippen LogP contribution in [0.4, 0.5) is 11.4 Å². The van der Waals surface area contributed by atoms with E-state index in [1.165, 1.54) is 4.31 Å². The second-order valence-corrected chi connectivity index (χ2v) is 8.27. The zero-order valence-electron chi connectivity index (χ0n) is 14.4. The van der Waals surface area contributed by atoms with Crippen molar-refractivity contribution in [3.8, 4) is 0 Å². The van der Waals surface area contributed by atoms with Crippen molar-refractivity contribution in [2.45, 2.75) is 20.3 Å². The van der Waals surface area contributed by atoms with Crippen molar-refractivity contribution in [1.29, 1.82) is 0 Å².